The van der Waals surface area contributed by atoms with Crippen molar-refractivity contribution in [1.29, 1.82) is 0 Å². The van der Waals surface area contributed by atoms with E-state index in [4.69, 9.17) is 5.53 Å². The minimum absolute atomic E-state index is 0.0508. The number of nitrogens with zero attached hydrogens (tertiary/aromatic N) is 2. The highest BCUT2D eigenvalue weighted by molar-refractivity contribution is 6.31. The summed E-state index contributed by atoms with van der Waals surface area (Å²) < 4.78 is 9.11. The average molecular weight is 266 g/mol. The fourth-order valence-electron chi connectivity index (χ4n) is 2.16. The monoisotopic (exact) mass is 266 g/mol. The maximum absolute atomic E-state index is 11.9. The van der Waals surface area contributed by atoms with Gasteiger partial charge in [-0.15, -0.1) is 4.79 Å². The van der Waals surface area contributed by atoms with Gasteiger partial charge in [-0.25, -0.2) is 4.79 Å². The van der Waals surface area contributed by atoms with E-state index in [2.05, 4.69) is 14.3 Å². The van der Waals surface area contributed by atoms with Crippen molar-refractivity contribution in [2.45, 2.75) is 27.7 Å². The van der Waals surface area contributed by atoms with E-state index >= 15 is 0 Å². The van der Waals surface area contributed by atoms with Gasteiger partial charge in [0.25, 0.3) is 0 Å². The van der Waals surface area contributed by atoms with Gasteiger partial charge in [0.1, 0.15) is 0 Å². The van der Waals surface area contributed by atoms with E-state index < -0.39 is 17.8 Å². The molecule has 1 aliphatic rings. The zero-order valence-electron chi connectivity index (χ0n) is 11.8. The second-order valence-corrected chi connectivity index (χ2v) is 5.39. The van der Waals surface area contributed by atoms with Gasteiger partial charge in [-0.05, 0) is 25.2 Å². The van der Waals surface area contributed by atoms with Crippen LogP contribution >= 0.6 is 0 Å². The third-order valence-electron chi connectivity index (χ3n) is 3.33. The molecule has 0 aliphatic heterocycles. The quantitative estimate of drug-likeness (QED) is 0.144. The van der Waals surface area contributed by atoms with Gasteiger partial charge < -0.3 is 15.0 Å². The highest BCUT2D eigenvalue weighted by Crippen LogP contribution is 2.59. The standard InChI is InChI=1S/C13H18N2O4/c1-7(2)6-8-9(13(8,3)4)11(16)19-12(17)10(15-14)18-5/h6,8-9H,1-5H3. The summed E-state index contributed by atoms with van der Waals surface area (Å²) in [4.78, 5) is 25.9. The van der Waals surface area contributed by atoms with Crippen LogP contribution in [-0.4, -0.2) is 29.7 Å². The molecule has 0 heterocycles. The van der Waals surface area contributed by atoms with E-state index in [1.54, 1.807) is 0 Å². The maximum Gasteiger partial charge on any atom is 0.561 e. The Morgan fingerprint density at radius 3 is 2.32 bits per heavy atom. The molecule has 0 spiro atoms. The van der Waals surface area contributed by atoms with E-state index in [9.17, 15) is 9.59 Å². The molecule has 1 aliphatic carbocycles. The Morgan fingerprint density at radius 2 is 1.89 bits per heavy atom. The Hall–Kier alpha value is -1.94. The first-order valence-electron chi connectivity index (χ1n) is 5.92. The fourth-order valence-corrected chi connectivity index (χ4v) is 2.16. The van der Waals surface area contributed by atoms with Crippen LogP contribution in [0.25, 0.3) is 5.53 Å². The van der Waals surface area contributed by atoms with Crippen LogP contribution in [0.15, 0.2) is 11.6 Å². The molecule has 1 fully saturated rings. The summed E-state index contributed by atoms with van der Waals surface area (Å²) in [6.07, 6.45) is 1.99. The lowest BCUT2D eigenvalue weighted by Crippen LogP contribution is -2.25. The fraction of sp³-hybridized carbons (Fsp3) is 0.615. The Balaban J connectivity index is 2.74. The molecule has 0 aromatic rings. The SMILES string of the molecule is COC(=[N+]=[N-])C(=O)OC(=O)C1C(C=C(C)C)C1(C)C. The van der Waals surface area contributed by atoms with Crippen molar-refractivity contribution in [1.82, 2.24) is 0 Å². The molecule has 0 saturated heterocycles. The predicted octanol–water partition coefficient (Wildman–Crippen LogP) is 1.57. The maximum atomic E-state index is 11.9. The van der Waals surface area contributed by atoms with Gasteiger partial charge in [0.05, 0.1) is 13.0 Å². The van der Waals surface area contributed by atoms with Crippen molar-refractivity contribution in [2.75, 3.05) is 7.11 Å². The number of ether oxygens (including phenoxy) is 2. The third kappa shape index (κ3) is 3.09. The number of carbonyl (C=O) groups is 2. The van der Waals surface area contributed by atoms with Crippen molar-refractivity contribution in [3.63, 3.8) is 0 Å². The Kier molecular flexibility index (Phi) is 4.27. The van der Waals surface area contributed by atoms with Gasteiger partial charge in [0.2, 0.25) is 0 Å². The van der Waals surface area contributed by atoms with E-state index in [-0.39, 0.29) is 17.3 Å². The largest absolute Gasteiger partial charge is 0.561 e. The van der Waals surface area contributed by atoms with E-state index in [0.717, 1.165) is 12.7 Å². The topological polar surface area (TPSA) is 89.0 Å². The molecule has 0 amide bonds. The molecule has 2 unspecified atom stereocenters. The highest BCUT2D eigenvalue weighted by atomic mass is 16.6. The van der Waals surface area contributed by atoms with Crippen LogP contribution in [0.5, 0.6) is 0 Å². The summed E-state index contributed by atoms with van der Waals surface area (Å²) in [7, 11) is 1.15. The lowest BCUT2D eigenvalue weighted by Gasteiger charge is -2.00. The van der Waals surface area contributed by atoms with Crippen molar-refractivity contribution in [3.8, 4) is 0 Å². The van der Waals surface area contributed by atoms with Crippen molar-refractivity contribution < 1.29 is 23.9 Å². The normalized spacial score (nSPS) is 22.8. The Labute approximate surface area is 112 Å². The van der Waals surface area contributed by atoms with Crippen LogP contribution in [-0.2, 0) is 19.1 Å². The number of hydrogen-bond acceptors (Lipinski definition) is 4. The van der Waals surface area contributed by atoms with Crippen LogP contribution in [0.3, 0.4) is 0 Å². The van der Waals surface area contributed by atoms with Gasteiger partial charge in [-0.1, -0.05) is 25.5 Å². The van der Waals surface area contributed by atoms with Gasteiger partial charge in [0.15, 0.2) is 0 Å². The number of carbonyl (C=O) groups excluding carboxylic acids is 2. The van der Waals surface area contributed by atoms with Crippen LogP contribution in [0.4, 0.5) is 0 Å². The van der Waals surface area contributed by atoms with E-state index in [1.807, 2.05) is 33.8 Å². The molecule has 0 aromatic heterocycles. The first-order valence-corrected chi connectivity index (χ1v) is 5.92. The summed E-state index contributed by atoms with van der Waals surface area (Å²) >= 11 is 0. The summed E-state index contributed by atoms with van der Waals surface area (Å²) in [6.45, 7) is 7.77. The average Bonchev–Trinajstić information content (AvgIpc) is 2.80. The molecule has 19 heavy (non-hydrogen) atoms. The van der Waals surface area contributed by atoms with E-state index in [0.29, 0.717) is 0 Å². The zero-order valence-corrected chi connectivity index (χ0v) is 11.8. The number of hydrogen-bond donors (Lipinski definition) is 0. The lowest BCUT2D eigenvalue weighted by atomic mass is 10.1. The molecule has 2 atom stereocenters. The molecule has 104 valence electrons. The molecule has 0 radical (unpaired) electrons. The number of methoxy groups -OCH3 is 1. The summed E-state index contributed by atoms with van der Waals surface area (Å²) in [6, 6.07) is 0. The Bertz CT molecular complexity index is 483. The molecule has 0 bridgehead atoms. The van der Waals surface area contributed by atoms with Gasteiger partial charge in [-0.3, -0.25) is 4.79 Å². The van der Waals surface area contributed by atoms with Crippen LogP contribution in [0.1, 0.15) is 27.7 Å². The smallest absolute Gasteiger partial charge is 0.430 e. The number of esters is 2. The molecule has 6 heteroatoms. The molecule has 0 N–H and O–H groups in total. The van der Waals surface area contributed by atoms with Crippen molar-refractivity contribution in [3.05, 3.63) is 17.2 Å². The predicted molar refractivity (Wildman–Crippen MR) is 66.9 cm³/mol. The van der Waals surface area contributed by atoms with Crippen molar-refractivity contribution >= 4 is 17.8 Å². The van der Waals surface area contributed by atoms with Crippen LogP contribution < -0.4 is 0 Å². The van der Waals surface area contributed by atoms with Crippen LogP contribution in [0.2, 0.25) is 0 Å². The van der Waals surface area contributed by atoms with Gasteiger partial charge >= 0.3 is 17.8 Å². The molecular formula is C13H18N2O4. The number of rotatable bonds is 2. The van der Waals surface area contributed by atoms with Gasteiger partial charge in [0, 0.05) is 0 Å². The minimum Gasteiger partial charge on any atom is -0.430 e. The second kappa shape index (κ2) is 5.36. The highest BCUT2D eigenvalue weighted by Gasteiger charge is 2.62. The summed E-state index contributed by atoms with van der Waals surface area (Å²) in [5.41, 5.74) is 9.35. The van der Waals surface area contributed by atoms with E-state index in [1.165, 1.54) is 0 Å². The Morgan fingerprint density at radius 1 is 1.32 bits per heavy atom. The zero-order chi connectivity index (χ0) is 14.8. The van der Waals surface area contributed by atoms with Crippen LogP contribution in [0, 0.1) is 17.3 Å². The third-order valence-corrected chi connectivity index (χ3v) is 3.33. The lowest BCUT2D eigenvalue weighted by molar-refractivity contribution is -0.161. The minimum atomic E-state index is -1.09. The second-order valence-electron chi connectivity index (χ2n) is 5.39. The van der Waals surface area contributed by atoms with Crippen molar-refractivity contribution in [2.24, 2.45) is 17.3 Å². The van der Waals surface area contributed by atoms with Gasteiger partial charge in [-0.2, -0.15) is 0 Å². The molecule has 0 aromatic carbocycles. The number of allylic oxidation sites excluding steroid dienone is 2. The first kappa shape index (κ1) is 15.1. The first-order chi connectivity index (χ1) is 8.75. The molecule has 6 nitrogen and oxygen atoms in total. The summed E-state index contributed by atoms with van der Waals surface area (Å²) in [5, 5.41) is 0. The molecule has 1 rings (SSSR count). The molecular weight excluding hydrogens is 248 g/mol. The summed E-state index contributed by atoms with van der Waals surface area (Å²) in [5.74, 6) is -2.69. The molecule has 1 saturated carbocycles.